The first kappa shape index (κ1) is 14.6. The molecule has 0 amide bonds. The summed E-state index contributed by atoms with van der Waals surface area (Å²) in [5.74, 6) is 0. The third-order valence-electron chi connectivity index (χ3n) is 2.80. The van der Waals surface area contributed by atoms with Crippen LogP contribution < -0.4 is 0 Å². The van der Waals surface area contributed by atoms with Crippen molar-refractivity contribution < 1.29 is 13.2 Å². The summed E-state index contributed by atoms with van der Waals surface area (Å²) in [6.07, 6.45) is 1.49. The molecule has 4 nitrogen and oxygen atoms in total. The molecular weight excluding hydrogens is 250 g/mol. The number of sulfone groups is 1. The molecule has 0 saturated heterocycles. The lowest BCUT2D eigenvalue weighted by molar-refractivity contribution is 0.512. The van der Waals surface area contributed by atoms with Crippen LogP contribution in [0.3, 0.4) is 0 Å². The maximum absolute atomic E-state index is 12.3. The molecule has 0 aliphatic heterocycles. The van der Waals surface area contributed by atoms with Gasteiger partial charge in [-0.25, -0.2) is 13.2 Å². The highest BCUT2D eigenvalue weighted by Crippen LogP contribution is 2.31. The average Bonchev–Trinajstić information content (AvgIpc) is 2.28. The number of aliphatic imine (C=N–C) groups is 1. The van der Waals surface area contributed by atoms with E-state index in [2.05, 4.69) is 4.99 Å². The molecule has 5 heteroatoms. The Morgan fingerprint density at radius 1 is 1.22 bits per heavy atom. The maximum atomic E-state index is 12.3. The quantitative estimate of drug-likeness (QED) is 0.621. The molecule has 0 heterocycles. The molecule has 1 aromatic rings. The van der Waals surface area contributed by atoms with Crippen molar-refractivity contribution >= 4 is 15.9 Å². The van der Waals surface area contributed by atoms with E-state index >= 15 is 0 Å². The molecular formula is C13H17NO3S. The smallest absolute Gasteiger partial charge is 0.223 e. The summed E-state index contributed by atoms with van der Waals surface area (Å²) in [6.45, 7) is 6.63. The second-order valence-corrected chi connectivity index (χ2v) is 7.32. The third-order valence-corrected chi connectivity index (χ3v) is 5.01. The van der Waals surface area contributed by atoms with E-state index < -0.39 is 20.6 Å². The standard InChI is InChI=1S/C13H17NO3S/c1-10(2)18(16,17)12-8-6-5-7-11(12)13(3,4)14-9-15/h5-8,10H,1-4H3. The SMILES string of the molecule is CC(C)S(=O)(=O)c1ccccc1C(C)(C)N=C=O. The van der Waals surface area contributed by atoms with Crippen molar-refractivity contribution in [3.8, 4) is 0 Å². The third kappa shape index (κ3) is 2.68. The second-order valence-electron chi connectivity index (χ2n) is 4.85. The van der Waals surface area contributed by atoms with Gasteiger partial charge in [-0.15, -0.1) is 0 Å². The number of isocyanates is 1. The van der Waals surface area contributed by atoms with E-state index in [0.717, 1.165) is 0 Å². The molecule has 0 aromatic heterocycles. The van der Waals surface area contributed by atoms with Gasteiger partial charge < -0.3 is 0 Å². The highest BCUT2D eigenvalue weighted by molar-refractivity contribution is 7.92. The van der Waals surface area contributed by atoms with Gasteiger partial charge in [-0.1, -0.05) is 18.2 Å². The molecule has 0 spiro atoms. The Hall–Kier alpha value is -1.45. The number of rotatable bonds is 4. The molecule has 0 N–H and O–H groups in total. The van der Waals surface area contributed by atoms with Crippen molar-refractivity contribution in [3.05, 3.63) is 29.8 Å². The fourth-order valence-corrected chi connectivity index (χ4v) is 3.05. The summed E-state index contributed by atoms with van der Waals surface area (Å²) in [5, 5.41) is -0.519. The van der Waals surface area contributed by atoms with E-state index in [-0.39, 0.29) is 4.90 Å². The predicted octanol–water partition coefficient (Wildman–Crippen LogP) is 2.44. The zero-order chi connectivity index (χ0) is 14.0. The van der Waals surface area contributed by atoms with Crippen LogP contribution in [-0.4, -0.2) is 19.7 Å². The Bertz CT molecular complexity index is 582. The van der Waals surface area contributed by atoms with Gasteiger partial charge >= 0.3 is 0 Å². The first-order valence-corrected chi connectivity index (χ1v) is 7.20. The molecule has 0 aliphatic rings. The van der Waals surface area contributed by atoms with Crippen molar-refractivity contribution in [1.29, 1.82) is 0 Å². The molecule has 98 valence electrons. The minimum Gasteiger partial charge on any atom is -0.223 e. The zero-order valence-corrected chi connectivity index (χ0v) is 11.8. The Morgan fingerprint density at radius 3 is 2.28 bits per heavy atom. The lowest BCUT2D eigenvalue weighted by Crippen LogP contribution is -2.22. The highest BCUT2D eigenvalue weighted by Gasteiger charge is 2.30. The van der Waals surface area contributed by atoms with Crippen LogP contribution in [0.1, 0.15) is 33.3 Å². The van der Waals surface area contributed by atoms with Crippen LogP contribution in [0.25, 0.3) is 0 Å². The maximum Gasteiger partial charge on any atom is 0.235 e. The van der Waals surface area contributed by atoms with Crippen LogP contribution in [0.2, 0.25) is 0 Å². The van der Waals surface area contributed by atoms with Crippen LogP contribution in [0.5, 0.6) is 0 Å². The molecule has 0 radical (unpaired) electrons. The van der Waals surface area contributed by atoms with Gasteiger partial charge in [0.1, 0.15) is 0 Å². The van der Waals surface area contributed by atoms with Crippen molar-refractivity contribution in [2.75, 3.05) is 0 Å². The van der Waals surface area contributed by atoms with E-state index in [1.54, 1.807) is 52.0 Å². The first-order valence-electron chi connectivity index (χ1n) is 5.66. The Balaban J connectivity index is 3.56. The molecule has 1 aromatic carbocycles. The van der Waals surface area contributed by atoms with Crippen molar-refractivity contribution in [1.82, 2.24) is 0 Å². The second kappa shape index (κ2) is 5.04. The monoisotopic (exact) mass is 267 g/mol. The molecule has 1 rings (SSSR count). The summed E-state index contributed by atoms with van der Waals surface area (Å²) < 4.78 is 24.5. The van der Waals surface area contributed by atoms with Crippen LogP contribution >= 0.6 is 0 Å². The minimum absolute atomic E-state index is 0.226. The van der Waals surface area contributed by atoms with Crippen LogP contribution in [0, 0.1) is 0 Å². The molecule has 0 unspecified atom stereocenters. The number of nitrogens with zero attached hydrogens (tertiary/aromatic N) is 1. The van der Waals surface area contributed by atoms with Crippen molar-refractivity contribution in [2.45, 2.75) is 43.4 Å². The highest BCUT2D eigenvalue weighted by atomic mass is 32.2. The van der Waals surface area contributed by atoms with Gasteiger partial charge in [-0.05, 0) is 39.3 Å². The first-order chi connectivity index (χ1) is 8.23. The van der Waals surface area contributed by atoms with Gasteiger partial charge in [0.2, 0.25) is 6.08 Å². The number of benzene rings is 1. The molecule has 18 heavy (non-hydrogen) atoms. The van der Waals surface area contributed by atoms with E-state index in [0.29, 0.717) is 5.56 Å². The lowest BCUT2D eigenvalue weighted by atomic mass is 9.95. The summed E-state index contributed by atoms with van der Waals surface area (Å²) >= 11 is 0. The van der Waals surface area contributed by atoms with E-state index in [1.165, 1.54) is 6.08 Å². The minimum atomic E-state index is -3.40. The molecule has 0 atom stereocenters. The summed E-state index contributed by atoms with van der Waals surface area (Å²) in [6, 6.07) is 6.62. The van der Waals surface area contributed by atoms with E-state index in [4.69, 9.17) is 0 Å². The van der Waals surface area contributed by atoms with Gasteiger partial charge in [0.15, 0.2) is 9.84 Å². The van der Waals surface area contributed by atoms with Gasteiger partial charge in [-0.2, -0.15) is 4.99 Å². The summed E-state index contributed by atoms with van der Waals surface area (Å²) in [7, 11) is -3.40. The Morgan fingerprint density at radius 2 is 1.78 bits per heavy atom. The Kier molecular flexibility index (Phi) is 4.09. The predicted molar refractivity (Wildman–Crippen MR) is 69.9 cm³/mol. The Labute approximate surface area is 108 Å². The van der Waals surface area contributed by atoms with Gasteiger partial charge in [0.25, 0.3) is 0 Å². The fraction of sp³-hybridized carbons (Fsp3) is 0.462. The number of carbonyl (C=O) groups excluding carboxylic acids is 1. The van der Waals surface area contributed by atoms with E-state index in [9.17, 15) is 13.2 Å². The lowest BCUT2D eigenvalue weighted by Gasteiger charge is -2.22. The topological polar surface area (TPSA) is 63.6 Å². The molecule has 0 saturated carbocycles. The van der Waals surface area contributed by atoms with Gasteiger partial charge in [0.05, 0.1) is 15.7 Å². The zero-order valence-electron chi connectivity index (χ0n) is 11.0. The summed E-state index contributed by atoms with van der Waals surface area (Å²) in [4.78, 5) is 14.4. The number of hydrogen-bond donors (Lipinski definition) is 0. The van der Waals surface area contributed by atoms with E-state index in [1.807, 2.05) is 0 Å². The van der Waals surface area contributed by atoms with Crippen molar-refractivity contribution in [2.24, 2.45) is 4.99 Å². The summed E-state index contributed by atoms with van der Waals surface area (Å²) in [5.41, 5.74) is -0.387. The normalized spacial score (nSPS) is 12.3. The van der Waals surface area contributed by atoms with Crippen molar-refractivity contribution in [3.63, 3.8) is 0 Å². The van der Waals surface area contributed by atoms with Crippen LogP contribution in [0.15, 0.2) is 34.2 Å². The fourth-order valence-electron chi connectivity index (χ4n) is 1.65. The molecule has 0 aliphatic carbocycles. The largest absolute Gasteiger partial charge is 0.235 e. The average molecular weight is 267 g/mol. The van der Waals surface area contributed by atoms with Crippen LogP contribution in [-0.2, 0) is 20.2 Å². The molecule has 0 fully saturated rings. The molecule has 0 bridgehead atoms. The van der Waals surface area contributed by atoms with Gasteiger partial charge in [-0.3, -0.25) is 0 Å². The van der Waals surface area contributed by atoms with Crippen LogP contribution in [0.4, 0.5) is 0 Å². The number of hydrogen-bond acceptors (Lipinski definition) is 4. The van der Waals surface area contributed by atoms with Gasteiger partial charge in [0, 0.05) is 0 Å².